The highest BCUT2D eigenvalue weighted by Gasteiger charge is 2.51. The normalized spacial score (nSPS) is 27.0. The van der Waals surface area contributed by atoms with Crippen LogP contribution in [0.5, 0.6) is 5.75 Å². The van der Waals surface area contributed by atoms with E-state index in [1.165, 1.54) is 5.56 Å². The second kappa shape index (κ2) is 5.22. The summed E-state index contributed by atoms with van der Waals surface area (Å²) in [6.45, 7) is 1.37. The number of nitrogens with two attached hydrogens (primary N) is 1. The van der Waals surface area contributed by atoms with Crippen LogP contribution in [0.3, 0.4) is 0 Å². The van der Waals surface area contributed by atoms with Gasteiger partial charge in [-0.3, -0.25) is 0 Å². The molecule has 6 heteroatoms. The highest BCUT2D eigenvalue weighted by molar-refractivity contribution is 5.77. The predicted octanol–water partition coefficient (Wildman–Crippen LogP) is 2.01. The van der Waals surface area contributed by atoms with Gasteiger partial charge in [0.05, 0.1) is 6.54 Å². The van der Waals surface area contributed by atoms with Gasteiger partial charge in [-0.15, -0.1) is 0 Å². The molecule has 1 aromatic heterocycles. The summed E-state index contributed by atoms with van der Waals surface area (Å²) in [5.74, 6) is 1.07. The van der Waals surface area contributed by atoms with Crippen LogP contribution in [0.25, 0.3) is 0 Å². The van der Waals surface area contributed by atoms with Crippen molar-refractivity contribution in [2.24, 2.45) is 10.9 Å². The number of ether oxygens (including phenoxy) is 1. The van der Waals surface area contributed by atoms with Crippen LogP contribution >= 0.6 is 0 Å². The zero-order chi connectivity index (χ0) is 15.9. The van der Waals surface area contributed by atoms with E-state index in [0.29, 0.717) is 6.54 Å². The maximum Gasteiger partial charge on any atom is 0.233 e. The van der Waals surface area contributed by atoms with Crippen LogP contribution in [0.15, 0.2) is 53.9 Å². The van der Waals surface area contributed by atoms with E-state index in [4.69, 9.17) is 15.7 Å². The summed E-state index contributed by atoms with van der Waals surface area (Å²) in [6, 6.07) is 12.3. The third-order valence-corrected chi connectivity index (χ3v) is 4.86. The van der Waals surface area contributed by atoms with Gasteiger partial charge >= 0.3 is 0 Å². The van der Waals surface area contributed by atoms with Crippen LogP contribution in [0, 0.1) is 0 Å². The zero-order valence-corrected chi connectivity index (χ0v) is 12.8. The minimum absolute atomic E-state index is 0.0861. The number of guanidine groups is 1. The lowest BCUT2D eigenvalue weighted by molar-refractivity contribution is 0.00272. The Morgan fingerprint density at radius 3 is 2.83 bits per heavy atom. The molecule has 1 saturated heterocycles. The van der Waals surface area contributed by atoms with E-state index >= 15 is 0 Å². The maximum absolute atomic E-state index is 9.02. The molecule has 2 atom stereocenters. The van der Waals surface area contributed by atoms with Gasteiger partial charge in [-0.2, -0.15) is 0 Å². The van der Waals surface area contributed by atoms with Crippen molar-refractivity contribution in [1.82, 2.24) is 9.47 Å². The van der Waals surface area contributed by atoms with E-state index in [9.17, 15) is 0 Å². The van der Waals surface area contributed by atoms with E-state index in [1.54, 1.807) is 0 Å². The van der Waals surface area contributed by atoms with Crippen LogP contribution in [-0.2, 0) is 0 Å². The second-order valence-electron chi connectivity index (χ2n) is 6.22. The smallest absolute Gasteiger partial charge is 0.233 e. The number of benzene rings is 1. The third kappa shape index (κ3) is 2.13. The minimum Gasteiger partial charge on any atom is -0.483 e. The molecular formula is C17H20N4O2. The number of fused-ring (bicyclic) bond motifs is 1. The molecule has 3 N–H and O–H groups in total. The standard InChI is InChI=1S/C17H20N4O2/c18-16(19-22)21-11-5-8-17(12-21)15(20-9-3-4-10-20)13-6-1-2-7-14(13)23-17/h1-4,6-7,9-10,15,22H,5,8,11-12H2,(H2,18,19). The van der Waals surface area contributed by atoms with Gasteiger partial charge in [-0.1, -0.05) is 23.4 Å². The molecule has 23 heavy (non-hydrogen) atoms. The summed E-state index contributed by atoms with van der Waals surface area (Å²) in [5, 5.41) is 12.2. The van der Waals surface area contributed by atoms with Crippen molar-refractivity contribution >= 4 is 5.96 Å². The fraction of sp³-hybridized carbons (Fsp3) is 0.353. The topological polar surface area (TPSA) is 76.0 Å². The molecular weight excluding hydrogens is 292 g/mol. The van der Waals surface area contributed by atoms with Gasteiger partial charge in [-0.05, 0) is 31.0 Å². The van der Waals surface area contributed by atoms with Gasteiger partial charge in [0.25, 0.3) is 0 Å². The molecule has 1 spiro atoms. The lowest BCUT2D eigenvalue weighted by atomic mass is 9.83. The van der Waals surface area contributed by atoms with Gasteiger partial charge in [0.2, 0.25) is 5.96 Å². The van der Waals surface area contributed by atoms with Crippen molar-refractivity contribution in [3.8, 4) is 5.75 Å². The number of rotatable bonds is 1. The SMILES string of the molecule is N/C(=N\O)N1CCCC2(C1)Oc1ccccc1C2n1cccc1. The second-order valence-corrected chi connectivity index (χ2v) is 6.22. The molecule has 3 heterocycles. The molecule has 0 aliphatic carbocycles. The summed E-state index contributed by atoms with van der Waals surface area (Å²) >= 11 is 0. The molecule has 0 bridgehead atoms. The number of aromatic nitrogens is 1. The number of nitrogens with zero attached hydrogens (tertiary/aromatic N) is 3. The molecule has 6 nitrogen and oxygen atoms in total. The molecule has 1 fully saturated rings. The monoisotopic (exact) mass is 312 g/mol. The van der Waals surface area contributed by atoms with Crippen molar-refractivity contribution in [3.05, 3.63) is 54.4 Å². The van der Waals surface area contributed by atoms with E-state index in [-0.39, 0.29) is 12.0 Å². The first kappa shape index (κ1) is 14.0. The summed E-state index contributed by atoms with van der Waals surface area (Å²) in [6.07, 6.45) is 6.00. The maximum atomic E-state index is 9.02. The Kier molecular flexibility index (Phi) is 3.18. The van der Waals surface area contributed by atoms with Gasteiger partial charge in [0, 0.05) is 24.5 Å². The fourth-order valence-corrected chi connectivity index (χ4v) is 3.93. The average molecular weight is 312 g/mol. The zero-order valence-electron chi connectivity index (χ0n) is 12.8. The van der Waals surface area contributed by atoms with Crippen LogP contribution in [0.1, 0.15) is 24.4 Å². The van der Waals surface area contributed by atoms with Crippen molar-refractivity contribution in [2.45, 2.75) is 24.5 Å². The third-order valence-electron chi connectivity index (χ3n) is 4.86. The van der Waals surface area contributed by atoms with Gasteiger partial charge in [-0.25, -0.2) is 0 Å². The predicted molar refractivity (Wildman–Crippen MR) is 86.6 cm³/mol. The molecule has 2 unspecified atom stereocenters. The molecule has 1 aromatic carbocycles. The molecule has 2 aliphatic heterocycles. The number of likely N-dealkylation sites (tertiary alicyclic amines) is 1. The van der Waals surface area contributed by atoms with Crippen LogP contribution in [0.4, 0.5) is 0 Å². The van der Waals surface area contributed by atoms with Gasteiger partial charge < -0.3 is 25.1 Å². The number of hydrogen-bond donors (Lipinski definition) is 2. The molecule has 0 amide bonds. The Hall–Kier alpha value is -2.63. The van der Waals surface area contributed by atoms with Crippen LogP contribution in [0.2, 0.25) is 0 Å². The summed E-state index contributed by atoms with van der Waals surface area (Å²) in [5.41, 5.74) is 6.61. The summed E-state index contributed by atoms with van der Waals surface area (Å²) in [4.78, 5) is 1.89. The molecule has 0 saturated carbocycles. The number of piperidine rings is 1. The van der Waals surface area contributed by atoms with E-state index in [0.717, 1.165) is 25.1 Å². The molecule has 0 radical (unpaired) electrons. The van der Waals surface area contributed by atoms with Gasteiger partial charge in [0.15, 0.2) is 5.60 Å². The van der Waals surface area contributed by atoms with Crippen LogP contribution < -0.4 is 10.5 Å². The van der Waals surface area contributed by atoms with Crippen molar-refractivity contribution < 1.29 is 9.94 Å². The lowest BCUT2D eigenvalue weighted by Crippen LogP contribution is -2.57. The van der Waals surface area contributed by atoms with Crippen molar-refractivity contribution in [3.63, 3.8) is 0 Å². The lowest BCUT2D eigenvalue weighted by Gasteiger charge is -2.43. The highest BCUT2D eigenvalue weighted by atomic mass is 16.5. The van der Waals surface area contributed by atoms with Crippen LogP contribution in [-0.4, -0.2) is 39.3 Å². The van der Waals surface area contributed by atoms with Crippen molar-refractivity contribution in [1.29, 1.82) is 0 Å². The molecule has 2 aliphatic rings. The van der Waals surface area contributed by atoms with E-state index < -0.39 is 5.60 Å². The quantitative estimate of drug-likeness (QED) is 0.365. The molecule has 120 valence electrons. The average Bonchev–Trinajstić information content (AvgIpc) is 3.19. The Labute approximate surface area is 134 Å². The Balaban J connectivity index is 1.78. The van der Waals surface area contributed by atoms with Gasteiger partial charge in [0.1, 0.15) is 11.8 Å². The first-order valence-corrected chi connectivity index (χ1v) is 7.86. The first-order chi connectivity index (χ1) is 11.2. The summed E-state index contributed by atoms with van der Waals surface area (Å²) in [7, 11) is 0. The molecule has 2 aromatic rings. The minimum atomic E-state index is -0.406. The Morgan fingerprint density at radius 1 is 1.26 bits per heavy atom. The number of hydrogen-bond acceptors (Lipinski definition) is 3. The Bertz CT molecular complexity index is 728. The van der Waals surface area contributed by atoms with Crippen molar-refractivity contribution in [2.75, 3.05) is 13.1 Å². The fourth-order valence-electron chi connectivity index (χ4n) is 3.93. The largest absolute Gasteiger partial charge is 0.483 e. The summed E-state index contributed by atoms with van der Waals surface area (Å²) < 4.78 is 8.64. The highest BCUT2D eigenvalue weighted by Crippen LogP contribution is 2.49. The first-order valence-electron chi connectivity index (χ1n) is 7.86. The molecule has 4 rings (SSSR count). The Morgan fingerprint density at radius 2 is 2.04 bits per heavy atom. The number of oxime groups is 1. The van der Waals surface area contributed by atoms with E-state index in [1.807, 2.05) is 35.2 Å². The number of para-hydroxylation sites is 1. The van der Waals surface area contributed by atoms with E-state index in [2.05, 4.69) is 28.2 Å².